The molecule has 0 N–H and O–H groups in total. The van der Waals surface area contributed by atoms with Gasteiger partial charge in [0.05, 0.1) is 6.42 Å². The van der Waals surface area contributed by atoms with E-state index in [4.69, 9.17) is 0 Å². The molecule has 0 heterocycles. The van der Waals surface area contributed by atoms with E-state index in [2.05, 4.69) is 13.8 Å². The van der Waals surface area contributed by atoms with E-state index >= 15 is 0 Å². The first-order valence-electron chi connectivity index (χ1n) is 4.95. The molecule has 0 aliphatic heterocycles. The first kappa shape index (κ1) is 8.92. The van der Waals surface area contributed by atoms with E-state index in [1.165, 1.54) is 0 Å². The van der Waals surface area contributed by atoms with E-state index < -0.39 is 0 Å². The standard InChI is InChI=1S/C11H16O2/c1-10(2)7-4-5-11(10,3)9(13)6-8(7)12/h7H,4-6H2,1-3H3/t7?,11-/m0/s1. The average Bonchev–Trinajstić information content (AvgIpc) is 2.16. The third kappa shape index (κ3) is 0.839. The molecular formula is C11H16O2. The lowest BCUT2D eigenvalue weighted by molar-refractivity contribution is -0.146. The van der Waals surface area contributed by atoms with Gasteiger partial charge in [0.15, 0.2) is 0 Å². The molecule has 2 nitrogen and oxygen atoms in total. The summed E-state index contributed by atoms with van der Waals surface area (Å²) in [4.78, 5) is 23.4. The highest BCUT2D eigenvalue weighted by Gasteiger charge is 2.60. The van der Waals surface area contributed by atoms with Gasteiger partial charge >= 0.3 is 0 Å². The molecule has 0 aromatic carbocycles. The van der Waals surface area contributed by atoms with Crippen molar-refractivity contribution >= 4 is 11.6 Å². The zero-order valence-electron chi connectivity index (χ0n) is 8.52. The predicted molar refractivity (Wildman–Crippen MR) is 49.2 cm³/mol. The molecule has 0 amide bonds. The third-order valence-electron chi connectivity index (χ3n) is 4.57. The summed E-state index contributed by atoms with van der Waals surface area (Å²) >= 11 is 0. The zero-order chi connectivity index (χ0) is 9.85. The molecule has 0 spiro atoms. The van der Waals surface area contributed by atoms with Gasteiger partial charge in [-0.1, -0.05) is 20.8 Å². The van der Waals surface area contributed by atoms with Gasteiger partial charge < -0.3 is 0 Å². The normalized spacial score (nSPS) is 42.5. The number of ketones is 2. The summed E-state index contributed by atoms with van der Waals surface area (Å²) in [6, 6.07) is 0. The van der Waals surface area contributed by atoms with Crippen molar-refractivity contribution in [1.82, 2.24) is 0 Å². The molecule has 0 saturated heterocycles. The van der Waals surface area contributed by atoms with Gasteiger partial charge in [-0.3, -0.25) is 9.59 Å². The van der Waals surface area contributed by atoms with Crippen molar-refractivity contribution in [3.8, 4) is 0 Å². The molecule has 0 aromatic rings. The van der Waals surface area contributed by atoms with Gasteiger partial charge in [0.2, 0.25) is 0 Å². The lowest BCUT2D eigenvalue weighted by atomic mass is 9.58. The van der Waals surface area contributed by atoms with Crippen LogP contribution in [-0.4, -0.2) is 11.6 Å². The lowest BCUT2D eigenvalue weighted by Crippen LogP contribution is -2.48. The fraction of sp³-hybridized carbons (Fsp3) is 0.818. The fourth-order valence-corrected chi connectivity index (χ4v) is 3.04. The van der Waals surface area contributed by atoms with Crippen molar-refractivity contribution in [2.24, 2.45) is 16.7 Å². The second kappa shape index (κ2) is 2.23. The maximum Gasteiger partial charge on any atom is 0.146 e. The molecule has 2 saturated carbocycles. The van der Waals surface area contributed by atoms with Crippen LogP contribution in [0.5, 0.6) is 0 Å². The van der Waals surface area contributed by atoms with Crippen LogP contribution < -0.4 is 0 Å². The maximum atomic E-state index is 11.8. The second-order valence-corrected chi connectivity index (χ2v) is 5.21. The van der Waals surface area contributed by atoms with E-state index in [-0.39, 0.29) is 34.7 Å². The summed E-state index contributed by atoms with van der Waals surface area (Å²) < 4.78 is 0. The van der Waals surface area contributed by atoms with Crippen LogP contribution in [0.2, 0.25) is 0 Å². The molecule has 2 rings (SSSR count). The van der Waals surface area contributed by atoms with Crippen molar-refractivity contribution in [2.45, 2.75) is 40.0 Å². The SMILES string of the molecule is CC1(C)C2CC[C@@]1(C)C(=O)CC2=O. The number of Topliss-reactive ketones (excluding diaryl/α,β-unsaturated/α-hetero) is 2. The highest BCUT2D eigenvalue weighted by atomic mass is 16.2. The maximum absolute atomic E-state index is 11.8. The lowest BCUT2D eigenvalue weighted by Gasteiger charge is -2.43. The van der Waals surface area contributed by atoms with Crippen molar-refractivity contribution in [1.29, 1.82) is 0 Å². The minimum absolute atomic E-state index is 0.112. The first-order valence-corrected chi connectivity index (χ1v) is 4.95. The van der Waals surface area contributed by atoms with Crippen LogP contribution in [0, 0.1) is 16.7 Å². The van der Waals surface area contributed by atoms with Crippen LogP contribution in [-0.2, 0) is 9.59 Å². The highest BCUT2D eigenvalue weighted by molar-refractivity contribution is 6.07. The van der Waals surface area contributed by atoms with Crippen molar-refractivity contribution in [2.75, 3.05) is 0 Å². The molecule has 2 heteroatoms. The molecule has 72 valence electrons. The van der Waals surface area contributed by atoms with Crippen LogP contribution in [0.1, 0.15) is 40.0 Å². The van der Waals surface area contributed by atoms with E-state index in [1.807, 2.05) is 6.92 Å². The number of carbonyl (C=O) groups is 2. The molecular weight excluding hydrogens is 164 g/mol. The number of fused-ring (bicyclic) bond motifs is 2. The van der Waals surface area contributed by atoms with Crippen LogP contribution in [0.3, 0.4) is 0 Å². The molecule has 2 fully saturated rings. The summed E-state index contributed by atoms with van der Waals surface area (Å²) in [7, 11) is 0. The monoisotopic (exact) mass is 180 g/mol. The Morgan fingerprint density at radius 2 is 1.85 bits per heavy atom. The van der Waals surface area contributed by atoms with Gasteiger partial charge in [-0.15, -0.1) is 0 Å². The number of carbonyl (C=O) groups excluding carboxylic acids is 2. The van der Waals surface area contributed by atoms with Crippen LogP contribution >= 0.6 is 0 Å². The summed E-state index contributed by atoms with van der Waals surface area (Å²) in [6.45, 7) is 6.17. The molecule has 2 atom stereocenters. The summed E-state index contributed by atoms with van der Waals surface area (Å²) in [5, 5.41) is 0. The Labute approximate surface area is 78.7 Å². The van der Waals surface area contributed by atoms with Gasteiger partial charge in [-0.05, 0) is 18.3 Å². The average molecular weight is 180 g/mol. The number of hydrogen-bond acceptors (Lipinski definition) is 2. The zero-order valence-corrected chi connectivity index (χ0v) is 8.52. The number of rotatable bonds is 0. The fourth-order valence-electron chi connectivity index (χ4n) is 3.04. The first-order chi connectivity index (χ1) is 5.89. The Kier molecular flexibility index (Phi) is 1.53. The Bertz CT molecular complexity index is 290. The highest BCUT2D eigenvalue weighted by Crippen LogP contribution is 2.59. The Hall–Kier alpha value is -0.660. The quantitative estimate of drug-likeness (QED) is 0.534. The molecule has 0 aromatic heterocycles. The number of hydrogen-bond donors (Lipinski definition) is 0. The second-order valence-electron chi connectivity index (χ2n) is 5.21. The van der Waals surface area contributed by atoms with Crippen LogP contribution in [0.25, 0.3) is 0 Å². The van der Waals surface area contributed by atoms with Gasteiger partial charge in [0, 0.05) is 11.3 Å². The minimum atomic E-state index is -0.231. The molecule has 2 aliphatic carbocycles. The summed E-state index contributed by atoms with van der Waals surface area (Å²) in [5.41, 5.74) is -0.342. The van der Waals surface area contributed by atoms with Crippen molar-refractivity contribution in [3.05, 3.63) is 0 Å². The Balaban J connectivity index is 2.51. The van der Waals surface area contributed by atoms with Gasteiger partial charge in [0.25, 0.3) is 0 Å². The van der Waals surface area contributed by atoms with E-state index in [0.29, 0.717) is 0 Å². The Morgan fingerprint density at radius 3 is 2.46 bits per heavy atom. The van der Waals surface area contributed by atoms with Gasteiger partial charge in [-0.25, -0.2) is 0 Å². The Morgan fingerprint density at radius 1 is 1.23 bits per heavy atom. The molecule has 13 heavy (non-hydrogen) atoms. The third-order valence-corrected chi connectivity index (χ3v) is 4.57. The summed E-state index contributed by atoms with van der Waals surface area (Å²) in [5.74, 6) is 0.469. The molecule has 1 unspecified atom stereocenters. The summed E-state index contributed by atoms with van der Waals surface area (Å²) in [6.07, 6.45) is 1.99. The van der Waals surface area contributed by atoms with Gasteiger partial charge in [0.1, 0.15) is 11.6 Å². The minimum Gasteiger partial charge on any atom is -0.299 e. The van der Waals surface area contributed by atoms with E-state index in [0.717, 1.165) is 12.8 Å². The molecule has 0 radical (unpaired) electrons. The van der Waals surface area contributed by atoms with Crippen molar-refractivity contribution < 1.29 is 9.59 Å². The molecule has 2 bridgehead atoms. The van der Waals surface area contributed by atoms with E-state index in [9.17, 15) is 9.59 Å². The largest absolute Gasteiger partial charge is 0.299 e. The molecule has 2 aliphatic rings. The predicted octanol–water partition coefficient (Wildman–Crippen LogP) is 1.97. The van der Waals surface area contributed by atoms with Crippen LogP contribution in [0.4, 0.5) is 0 Å². The smallest absolute Gasteiger partial charge is 0.146 e. The van der Waals surface area contributed by atoms with E-state index in [1.54, 1.807) is 0 Å². The topological polar surface area (TPSA) is 34.1 Å². The van der Waals surface area contributed by atoms with Crippen molar-refractivity contribution in [3.63, 3.8) is 0 Å². The van der Waals surface area contributed by atoms with Gasteiger partial charge in [-0.2, -0.15) is 0 Å². The van der Waals surface area contributed by atoms with Crippen LogP contribution in [0.15, 0.2) is 0 Å².